The van der Waals surface area contributed by atoms with Crippen molar-refractivity contribution >= 4 is 12.4 Å². The number of hydrogen-bond donors (Lipinski definition) is 1. The molecule has 2 unspecified atom stereocenters. The van der Waals surface area contributed by atoms with Crippen molar-refractivity contribution in [2.75, 3.05) is 20.3 Å². The lowest BCUT2D eigenvalue weighted by Gasteiger charge is -2.26. The van der Waals surface area contributed by atoms with E-state index < -0.39 is 17.7 Å². The Morgan fingerprint density at radius 1 is 0.973 bits per heavy atom. The molecule has 0 saturated carbocycles. The van der Waals surface area contributed by atoms with Crippen LogP contribution in [-0.4, -0.2) is 44.3 Å². The summed E-state index contributed by atoms with van der Waals surface area (Å²) in [5, 5.41) is 2.70. The van der Waals surface area contributed by atoms with Crippen molar-refractivity contribution in [1.29, 1.82) is 0 Å². The van der Waals surface area contributed by atoms with Gasteiger partial charge in [0.25, 0.3) is 0 Å². The zero-order valence-electron chi connectivity index (χ0n) is 23.1. The van der Waals surface area contributed by atoms with Gasteiger partial charge in [-0.15, -0.1) is 0 Å². The monoisotopic (exact) mass is 513 g/mol. The lowest BCUT2D eigenvalue weighted by Crippen LogP contribution is -2.41. The Morgan fingerprint density at radius 3 is 2.32 bits per heavy atom. The third-order valence-electron chi connectivity index (χ3n) is 5.86. The van der Waals surface area contributed by atoms with Gasteiger partial charge < -0.3 is 29.1 Å². The summed E-state index contributed by atoms with van der Waals surface area (Å²) in [4.78, 5) is 24.0. The fourth-order valence-electron chi connectivity index (χ4n) is 3.86. The summed E-state index contributed by atoms with van der Waals surface area (Å²) in [7, 11) is 1.67. The van der Waals surface area contributed by atoms with Crippen molar-refractivity contribution in [3.8, 4) is 11.5 Å². The minimum absolute atomic E-state index is 0.155. The van der Waals surface area contributed by atoms with Gasteiger partial charge in [-0.3, -0.25) is 0 Å². The standard InChI is InChI=1S/C30H43NO6/c1-22(2)25(19-26(20-32)31-29(33)37-30(3,4)5)17-24-13-14-27(28(18-24)35-16-10-15-34-6)36-21-23-11-8-7-9-12-23/h7-9,11-14,18,20,22,25-26H,10,15-17,19,21H2,1-6H3,(H,31,33). The Morgan fingerprint density at radius 2 is 1.70 bits per heavy atom. The van der Waals surface area contributed by atoms with Crippen LogP contribution in [0.5, 0.6) is 11.5 Å². The average molecular weight is 514 g/mol. The average Bonchev–Trinajstić information content (AvgIpc) is 2.84. The fraction of sp³-hybridized carbons (Fsp3) is 0.533. The minimum Gasteiger partial charge on any atom is -0.490 e. The Kier molecular flexibility index (Phi) is 12.4. The van der Waals surface area contributed by atoms with Gasteiger partial charge in [0.2, 0.25) is 0 Å². The van der Waals surface area contributed by atoms with E-state index in [-0.39, 0.29) is 5.92 Å². The highest BCUT2D eigenvalue weighted by Crippen LogP contribution is 2.32. The van der Waals surface area contributed by atoms with Gasteiger partial charge in [-0.25, -0.2) is 4.79 Å². The molecule has 0 radical (unpaired) electrons. The van der Waals surface area contributed by atoms with E-state index in [1.165, 1.54) is 0 Å². The fourth-order valence-corrected chi connectivity index (χ4v) is 3.86. The van der Waals surface area contributed by atoms with Crippen molar-refractivity contribution in [3.63, 3.8) is 0 Å². The molecule has 1 amide bonds. The Bertz CT molecular complexity index is 954. The Hall–Kier alpha value is -3.06. The first-order valence-electron chi connectivity index (χ1n) is 13.0. The number of ether oxygens (including phenoxy) is 4. The van der Waals surface area contributed by atoms with Crippen molar-refractivity contribution < 1.29 is 28.5 Å². The molecule has 0 aliphatic heterocycles. The summed E-state index contributed by atoms with van der Waals surface area (Å²) in [5.74, 6) is 1.82. The largest absolute Gasteiger partial charge is 0.490 e. The molecule has 7 nitrogen and oxygen atoms in total. The second-order valence-electron chi connectivity index (χ2n) is 10.6. The van der Waals surface area contributed by atoms with Crippen LogP contribution in [0.15, 0.2) is 48.5 Å². The number of benzene rings is 2. The molecular formula is C30H43NO6. The number of alkyl carbamates (subject to hydrolysis) is 1. The number of rotatable bonds is 15. The SMILES string of the molecule is COCCCOc1cc(CC(CC(C=O)NC(=O)OC(C)(C)C)C(C)C)ccc1OCc1ccccc1. The molecule has 7 heteroatoms. The van der Waals surface area contributed by atoms with Gasteiger partial charge in [0.1, 0.15) is 18.5 Å². The van der Waals surface area contributed by atoms with Crippen LogP contribution in [-0.2, 0) is 27.3 Å². The summed E-state index contributed by atoms with van der Waals surface area (Å²) in [5.41, 5.74) is 1.53. The molecule has 0 fully saturated rings. The maximum Gasteiger partial charge on any atom is 0.408 e. The van der Waals surface area contributed by atoms with Crippen LogP contribution in [0.4, 0.5) is 4.79 Å². The summed E-state index contributed by atoms with van der Waals surface area (Å²) in [6.45, 7) is 11.2. The molecule has 0 aliphatic carbocycles. The molecule has 0 aliphatic rings. The number of carbonyl (C=O) groups excluding carboxylic acids is 2. The number of amides is 1. The van der Waals surface area contributed by atoms with Gasteiger partial charge in [-0.05, 0) is 68.7 Å². The molecule has 0 heterocycles. The van der Waals surface area contributed by atoms with Gasteiger partial charge in [-0.1, -0.05) is 50.2 Å². The van der Waals surface area contributed by atoms with Gasteiger partial charge in [0.15, 0.2) is 11.5 Å². The topological polar surface area (TPSA) is 83.1 Å². The van der Waals surface area contributed by atoms with Crippen molar-refractivity contribution in [2.24, 2.45) is 11.8 Å². The van der Waals surface area contributed by atoms with Crippen LogP contribution in [0.1, 0.15) is 58.6 Å². The highest BCUT2D eigenvalue weighted by atomic mass is 16.6. The third kappa shape index (κ3) is 11.7. The van der Waals surface area contributed by atoms with E-state index in [4.69, 9.17) is 18.9 Å². The van der Waals surface area contributed by atoms with Crippen LogP contribution < -0.4 is 14.8 Å². The quantitative estimate of drug-likeness (QED) is 0.233. The smallest absolute Gasteiger partial charge is 0.408 e. The maximum atomic E-state index is 12.2. The molecule has 204 valence electrons. The molecule has 0 spiro atoms. The van der Waals surface area contributed by atoms with E-state index in [1.807, 2.05) is 48.5 Å². The van der Waals surface area contributed by atoms with Crippen molar-refractivity contribution in [3.05, 3.63) is 59.7 Å². The van der Waals surface area contributed by atoms with Gasteiger partial charge >= 0.3 is 6.09 Å². The zero-order chi connectivity index (χ0) is 27.3. The number of nitrogens with one attached hydrogen (secondary N) is 1. The van der Waals surface area contributed by atoms with Crippen LogP contribution in [0.3, 0.4) is 0 Å². The summed E-state index contributed by atoms with van der Waals surface area (Å²) < 4.78 is 22.6. The third-order valence-corrected chi connectivity index (χ3v) is 5.86. The molecular weight excluding hydrogens is 470 g/mol. The van der Waals surface area contributed by atoms with E-state index in [0.717, 1.165) is 30.3 Å². The first-order valence-corrected chi connectivity index (χ1v) is 13.0. The zero-order valence-corrected chi connectivity index (χ0v) is 23.1. The minimum atomic E-state index is -0.626. The Labute approximate surface area is 221 Å². The van der Waals surface area contributed by atoms with Gasteiger partial charge in [0.05, 0.1) is 12.6 Å². The van der Waals surface area contributed by atoms with Crippen LogP contribution in [0, 0.1) is 11.8 Å². The molecule has 0 aromatic heterocycles. The molecule has 2 aromatic carbocycles. The Balaban J connectivity index is 2.13. The number of methoxy groups -OCH3 is 1. The summed E-state index contributed by atoms with van der Waals surface area (Å²) >= 11 is 0. The van der Waals surface area contributed by atoms with E-state index in [9.17, 15) is 9.59 Å². The molecule has 0 bridgehead atoms. The molecule has 2 atom stereocenters. The lowest BCUT2D eigenvalue weighted by atomic mass is 9.84. The van der Waals surface area contributed by atoms with E-state index in [0.29, 0.717) is 43.7 Å². The van der Waals surface area contributed by atoms with Crippen LogP contribution in [0.25, 0.3) is 0 Å². The number of aldehydes is 1. The predicted octanol–water partition coefficient (Wildman–Crippen LogP) is 5.98. The predicted molar refractivity (Wildman–Crippen MR) is 145 cm³/mol. The molecule has 2 rings (SSSR count). The van der Waals surface area contributed by atoms with E-state index in [2.05, 4.69) is 19.2 Å². The first-order chi connectivity index (χ1) is 17.6. The second kappa shape index (κ2) is 15.3. The van der Waals surface area contributed by atoms with Crippen molar-refractivity contribution in [1.82, 2.24) is 5.32 Å². The lowest BCUT2D eigenvalue weighted by molar-refractivity contribution is -0.110. The molecule has 1 N–H and O–H groups in total. The second-order valence-corrected chi connectivity index (χ2v) is 10.6. The number of hydrogen-bond acceptors (Lipinski definition) is 6. The molecule has 37 heavy (non-hydrogen) atoms. The first kappa shape index (κ1) is 30.2. The van der Waals surface area contributed by atoms with Crippen molar-refractivity contribution in [2.45, 2.75) is 72.1 Å². The maximum absolute atomic E-state index is 12.2. The molecule has 0 saturated heterocycles. The highest BCUT2D eigenvalue weighted by molar-refractivity contribution is 5.73. The van der Waals surface area contributed by atoms with Crippen LogP contribution >= 0.6 is 0 Å². The highest BCUT2D eigenvalue weighted by Gasteiger charge is 2.24. The van der Waals surface area contributed by atoms with Gasteiger partial charge in [0, 0.05) is 20.1 Å². The van der Waals surface area contributed by atoms with Gasteiger partial charge in [-0.2, -0.15) is 0 Å². The number of carbonyl (C=O) groups is 2. The van der Waals surface area contributed by atoms with E-state index >= 15 is 0 Å². The summed E-state index contributed by atoms with van der Waals surface area (Å²) in [6, 6.07) is 15.4. The normalized spacial score (nSPS) is 13.1. The summed E-state index contributed by atoms with van der Waals surface area (Å²) in [6.07, 6.45) is 2.20. The van der Waals surface area contributed by atoms with Crippen LogP contribution in [0.2, 0.25) is 0 Å². The van der Waals surface area contributed by atoms with E-state index in [1.54, 1.807) is 27.9 Å². The molecule has 2 aromatic rings.